The van der Waals surface area contributed by atoms with E-state index in [0.29, 0.717) is 6.10 Å². The number of ether oxygens (including phenoxy) is 1. The van der Waals surface area contributed by atoms with Gasteiger partial charge in [-0.1, -0.05) is 0 Å². The van der Waals surface area contributed by atoms with Crippen molar-refractivity contribution in [2.24, 2.45) is 0 Å². The van der Waals surface area contributed by atoms with Crippen molar-refractivity contribution in [2.75, 3.05) is 26.2 Å². The lowest BCUT2D eigenvalue weighted by atomic mass is 10.1. The van der Waals surface area contributed by atoms with Gasteiger partial charge in [-0.2, -0.15) is 0 Å². The number of aromatic nitrogens is 1. The van der Waals surface area contributed by atoms with Gasteiger partial charge in [0.2, 0.25) is 0 Å². The topological polar surface area (TPSA) is 46.2 Å². The molecule has 1 aliphatic rings. The highest BCUT2D eigenvalue weighted by Gasteiger charge is 2.12. The fourth-order valence-electron chi connectivity index (χ4n) is 1.96. The van der Waals surface area contributed by atoms with Crippen LogP contribution < -0.4 is 10.6 Å². The SMILES string of the molecule is Cc1ncsc1CNCCOC1CCNCC1. The Bertz CT molecular complexity index is 323. The number of hydrogen-bond acceptors (Lipinski definition) is 5. The molecule has 96 valence electrons. The molecule has 0 amide bonds. The molecule has 0 spiro atoms. The smallest absolute Gasteiger partial charge is 0.0798 e. The summed E-state index contributed by atoms with van der Waals surface area (Å²) in [5.41, 5.74) is 3.04. The van der Waals surface area contributed by atoms with Crippen LogP contribution in [0.4, 0.5) is 0 Å². The zero-order chi connectivity index (χ0) is 11.9. The molecule has 0 saturated carbocycles. The predicted octanol–water partition coefficient (Wildman–Crippen LogP) is 1.31. The summed E-state index contributed by atoms with van der Waals surface area (Å²) in [6.07, 6.45) is 2.75. The molecule has 2 N–H and O–H groups in total. The first-order valence-electron chi connectivity index (χ1n) is 6.28. The zero-order valence-electron chi connectivity index (χ0n) is 10.4. The van der Waals surface area contributed by atoms with Crippen LogP contribution >= 0.6 is 11.3 Å². The highest BCUT2D eigenvalue weighted by atomic mass is 32.1. The molecule has 0 aromatic carbocycles. The summed E-state index contributed by atoms with van der Waals surface area (Å²) >= 11 is 1.71. The number of aryl methyl sites for hydroxylation is 1. The largest absolute Gasteiger partial charge is 0.377 e. The van der Waals surface area contributed by atoms with E-state index in [0.717, 1.165) is 51.3 Å². The second-order valence-electron chi connectivity index (χ2n) is 4.36. The molecule has 0 atom stereocenters. The Balaban J connectivity index is 1.53. The van der Waals surface area contributed by atoms with Gasteiger partial charge in [-0.15, -0.1) is 11.3 Å². The van der Waals surface area contributed by atoms with Gasteiger partial charge in [0.25, 0.3) is 0 Å². The Labute approximate surface area is 107 Å². The highest BCUT2D eigenvalue weighted by Crippen LogP contribution is 2.11. The molecule has 1 saturated heterocycles. The van der Waals surface area contributed by atoms with Crippen LogP contribution in [0.25, 0.3) is 0 Å². The Morgan fingerprint density at radius 1 is 1.53 bits per heavy atom. The zero-order valence-corrected chi connectivity index (χ0v) is 11.2. The summed E-state index contributed by atoms with van der Waals surface area (Å²) in [6, 6.07) is 0. The first kappa shape index (κ1) is 13.0. The summed E-state index contributed by atoms with van der Waals surface area (Å²) in [6.45, 7) is 6.88. The standard InChI is InChI=1S/C12H21N3OS/c1-10-12(17-9-15-10)8-14-6-7-16-11-2-4-13-5-3-11/h9,11,13-14H,2-8H2,1H3. The Kier molecular flexibility index (Phi) is 5.38. The van der Waals surface area contributed by atoms with Crippen molar-refractivity contribution in [1.82, 2.24) is 15.6 Å². The summed E-state index contributed by atoms with van der Waals surface area (Å²) < 4.78 is 5.82. The molecule has 1 aliphatic heterocycles. The van der Waals surface area contributed by atoms with E-state index in [9.17, 15) is 0 Å². The van der Waals surface area contributed by atoms with E-state index < -0.39 is 0 Å². The Hall–Kier alpha value is -0.490. The summed E-state index contributed by atoms with van der Waals surface area (Å²) in [4.78, 5) is 5.56. The second kappa shape index (κ2) is 7.06. The van der Waals surface area contributed by atoms with Crippen LogP contribution in [-0.4, -0.2) is 37.3 Å². The van der Waals surface area contributed by atoms with Crippen LogP contribution in [0, 0.1) is 6.92 Å². The van der Waals surface area contributed by atoms with Crippen LogP contribution in [0.3, 0.4) is 0 Å². The lowest BCUT2D eigenvalue weighted by molar-refractivity contribution is 0.0348. The number of rotatable bonds is 6. The minimum Gasteiger partial charge on any atom is -0.377 e. The highest BCUT2D eigenvalue weighted by molar-refractivity contribution is 7.09. The van der Waals surface area contributed by atoms with Gasteiger partial charge in [0.15, 0.2) is 0 Å². The number of thiazole rings is 1. The minimum atomic E-state index is 0.461. The van der Waals surface area contributed by atoms with Crippen molar-refractivity contribution in [3.63, 3.8) is 0 Å². The molecular formula is C12H21N3OS. The van der Waals surface area contributed by atoms with Gasteiger partial charge in [0, 0.05) is 18.0 Å². The maximum Gasteiger partial charge on any atom is 0.0798 e. The minimum absolute atomic E-state index is 0.461. The van der Waals surface area contributed by atoms with Crippen LogP contribution in [0.5, 0.6) is 0 Å². The Morgan fingerprint density at radius 2 is 2.35 bits per heavy atom. The molecular weight excluding hydrogens is 234 g/mol. The van der Waals surface area contributed by atoms with Crippen molar-refractivity contribution in [3.8, 4) is 0 Å². The number of nitrogens with zero attached hydrogens (tertiary/aromatic N) is 1. The van der Waals surface area contributed by atoms with Gasteiger partial charge >= 0.3 is 0 Å². The average Bonchev–Trinajstić information content (AvgIpc) is 2.76. The van der Waals surface area contributed by atoms with Gasteiger partial charge < -0.3 is 15.4 Å². The molecule has 0 bridgehead atoms. The van der Waals surface area contributed by atoms with E-state index in [1.54, 1.807) is 11.3 Å². The van der Waals surface area contributed by atoms with Crippen molar-refractivity contribution in [3.05, 3.63) is 16.1 Å². The average molecular weight is 255 g/mol. The molecule has 1 fully saturated rings. The fraction of sp³-hybridized carbons (Fsp3) is 0.750. The first-order valence-corrected chi connectivity index (χ1v) is 7.16. The Morgan fingerprint density at radius 3 is 3.06 bits per heavy atom. The predicted molar refractivity (Wildman–Crippen MR) is 70.4 cm³/mol. The van der Waals surface area contributed by atoms with E-state index in [2.05, 4.69) is 22.5 Å². The second-order valence-corrected chi connectivity index (χ2v) is 5.30. The molecule has 1 aromatic rings. The van der Waals surface area contributed by atoms with Crippen LogP contribution in [0.1, 0.15) is 23.4 Å². The van der Waals surface area contributed by atoms with Crippen LogP contribution in [-0.2, 0) is 11.3 Å². The number of hydrogen-bond donors (Lipinski definition) is 2. The maximum atomic E-state index is 5.82. The lowest BCUT2D eigenvalue weighted by Gasteiger charge is -2.22. The van der Waals surface area contributed by atoms with E-state index in [1.807, 2.05) is 5.51 Å². The molecule has 17 heavy (non-hydrogen) atoms. The molecule has 1 aromatic heterocycles. The van der Waals surface area contributed by atoms with Gasteiger partial charge in [-0.3, -0.25) is 0 Å². The van der Waals surface area contributed by atoms with Gasteiger partial charge in [0.1, 0.15) is 0 Å². The van der Waals surface area contributed by atoms with Crippen molar-refractivity contribution >= 4 is 11.3 Å². The molecule has 4 nitrogen and oxygen atoms in total. The van der Waals surface area contributed by atoms with Crippen LogP contribution in [0.15, 0.2) is 5.51 Å². The van der Waals surface area contributed by atoms with Gasteiger partial charge in [-0.05, 0) is 32.9 Å². The van der Waals surface area contributed by atoms with E-state index >= 15 is 0 Å². The van der Waals surface area contributed by atoms with Crippen molar-refractivity contribution < 1.29 is 4.74 Å². The maximum absolute atomic E-state index is 5.82. The van der Waals surface area contributed by atoms with Gasteiger partial charge in [0.05, 0.1) is 23.9 Å². The summed E-state index contributed by atoms with van der Waals surface area (Å²) in [5, 5.41) is 6.74. The van der Waals surface area contributed by atoms with E-state index in [1.165, 1.54) is 4.88 Å². The quantitative estimate of drug-likeness (QED) is 0.752. The fourth-order valence-corrected chi connectivity index (χ4v) is 2.70. The molecule has 0 radical (unpaired) electrons. The molecule has 0 aliphatic carbocycles. The third-order valence-electron chi connectivity index (χ3n) is 3.05. The number of piperidine rings is 1. The molecule has 2 heterocycles. The third kappa shape index (κ3) is 4.35. The van der Waals surface area contributed by atoms with Crippen molar-refractivity contribution in [1.29, 1.82) is 0 Å². The molecule has 5 heteroatoms. The van der Waals surface area contributed by atoms with Crippen molar-refractivity contribution in [2.45, 2.75) is 32.4 Å². The summed E-state index contributed by atoms with van der Waals surface area (Å²) in [5.74, 6) is 0. The molecule has 0 unspecified atom stereocenters. The molecule has 2 rings (SSSR count). The monoisotopic (exact) mass is 255 g/mol. The lowest BCUT2D eigenvalue weighted by Crippen LogP contribution is -2.33. The van der Waals surface area contributed by atoms with Crippen LogP contribution in [0.2, 0.25) is 0 Å². The van der Waals surface area contributed by atoms with Gasteiger partial charge in [-0.25, -0.2) is 4.98 Å². The number of nitrogens with one attached hydrogen (secondary N) is 2. The third-order valence-corrected chi connectivity index (χ3v) is 3.98. The first-order chi connectivity index (χ1) is 8.36. The van der Waals surface area contributed by atoms with E-state index in [-0.39, 0.29) is 0 Å². The summed E-state index contributed by atoms with van der Waals surface area (Å²) in [7, 11) is 0. The normalized spacial score (nSPS) is 17.5. The van der Waals surface area contributed by atoms with E-state index in [4.69, 9.17) is 4.74 Å².